The highest BCUT2D eigenvalue weighted by atomic mass is 35.5. The van der Waals surface area contributed by atoms with Gasteiger partial charge in [-0.05, 0) is 43.2 Å². The number of sulfone groups is 1. The van der Waals surface area contributed by atoms with Gasteiger partial charge in [0.1, 0.15) is 11.6 Å². The number of nitrogens with zero attached hydrogens (tertiary/aromatic N) is 1. The van der Waals surface area contributed by atoms with Crippen molar-refractivity contribution in [1.29, 1.82) is 0 Å². The van der Waals surface area contributed by atoms with Crippen molar-refractivity contribution in [2.75, 3.05) is 18.1 Å². The molecule has 1 aliphatic heterocycles. The van der Waals surface area contributed by atoms with Crippen molar-refractivity contribution in [3.8, 4) is 5.75 Å². The molecule has 3 rings (SSSR count). The van der Waals surface area contributed by atoms with Gasteiger partial charge in [-0.1, -0.05) is 29.8 Å². The smallest absolute Gasteiger partial charge is 0.261 e. The second-order valence-corrected chi connectivity index (χ2v) is 9.53. The average Bonchev–Trinajstić information content (AvgIpc) is 2.99. The molecule has 1 aliphatic rings. The van der Waals surface area contributed by atoms with Crippen molar-refractivity contribution < 1.29 is 22.3 Å². The fourth-order valence-corrected chi connectivity index (χ4v) is 5.21. The summed E-state index contributed by atoms with van der Waals surface area (Å²) >= 11 is 5.92. The first kappa shape index (κ1) is 20.6. The Morgan fingerprint density at radius 3 is 2.68 bits per heavy atom. The summed E-state index contributed by atoms with van der Waals surface area (Å²) in [5.41, 5.74) is 1.12. The Kier molecular flexibility index (Phi) is 6.25. The molecule has 28 heavy (non-hydrogen) atoms. The molecular weight excluding hydrogens is 405 g/mol. The van der Waals surface area contributed by atoms with E-state index in [4.69, 9.17) is 16.3 Å². The minimum Gasteiger partial charge on any atom is -0.483 e. The maximum absolute atomic E-state index is 14.1. The van der Waals surface area contributed by atoms with E-state index in [0.29, 0.717) is 22.8 Å². The summed E-state index contributed by atoms with van der Waals surface area (Å²) in [7, 11) is -3.20. The maximum Gasteiger partial charge on any atom is 0.261 e. The fraction of sp³-hybridized carbons (Fsp3) is 0.350. The number of hydrogen-bond acceptors (Lipinski definition) is 4. The normalized spacial score (nSPS) is 18.0. The number of carbonyl (C=O) groups is 1. The Bertz CT molecular complexity index is 980. The Hall–Kier alpha value is -2.12. The van der Waals surface area contributed by atoms with Gasteiger partial charge < -0.3 is 9.64 Å². The zero-order chi connectivity index (χ0) is 20.3. The van der Waals surface area contributed by atoms with Crippen molar-refractivity contribution >= 4 is 27.3 Å². The SMILES string of the molecule is Cc1cc(Cl)ccc1OCC(=O)N(Cc1ccccc1F)C1CCS(=O)(=O)C1. The van der Waals surface area contributed by atoms with Crippen LogP contribution in [0.3, 0.4) is 0 Å². The van der Waals surface area contributed by atoms with Crippen LogP contribution >= 0.6 is 11.6 Å². The molecule has 1 amide bonds. The average molecular weight is 426 g/mol. The molecule has 1 unspecified atom stereocenters. The van der Waals surface area contributed by atoms with Crippen molar-refractivity contribution in [1.82, 2.24) is 4.90 Å². The molecule has 1 saturated heterocycles. The Balaban J connectivity index is 1.77. The molecule has 1 heterocycles. The van der Waals surface area contributed by atoms with E-state index in [1.54, 1.807) is 36.4 Å². The molecule has 0 N–H and O–H groups in total. The van der Waals surface area contributed by atoms with Crippen LogP contribution in [0.25, 0.3) is 0 Å². The summed E-state index contributed by atoms with van der Waals surface area (Å²) in [5.74, 6) is -0.402. The molecule has 2 aromatic rings. The first-order valence-electron chi connectivity index (χ1n) is 8.87. The van der Waals surface area contributed by atoms with Crippen LogP contribution < -0.4 is 4.74 Å². The molecule has 0 bridgehead atoms. The van der Waals surface area contributed by atoms with Gasteiger partial charge in [0, 0.05) is 23.2 Å². The monoisotopic (exact) mass is 425 g/mol. The molecule has 0 aliphatic carbocycles. The van der Waals surface area contributed by atoms with Gasteiger partial charge in [0.2, 0.25) is 0 Å². The highest BCUT2D eigenvalue weighted by molar-refractivity contribution is 7.91. The standard InChI is InChI=1S/C20H21ClFNO4S/c1-14-10-16(21)6-7-19(14)27-12-20(24)23(17-8-9-28(25,26)13-17)11-15-4-2-3-5-18(15)22/h2-7,10,17H,8-9,11-13H2,1H3. The Labute approximate surface area is 169 Å². The van der Waals surface area contributed by atoms with Gasteiger partial charge in [-0.3, -0.25) is 4.79 Å². The maximum atomic E-state index is 14.1. The van der Waals surface area contributed by atoms with Crippen LogP contribution in [0.4, 0.5) is 4.39 Å². The van der Waals surface area contributed by atoms with Crippen LogP contribution in [-0.2, 0) is 21.2 Å². The van der Waals surface area contributed by atoms with E-state index < -0.39 is 21.7 Å². The molecule has 0 saturated carbocycles. The van der Waals surface area contributed by atoms with Gasteiger partial charge in [0.15, 0.2) is 16.4 Å². The molecule has 5 nitrogen and oxygen atoms in total. The van der Waals surface area contributed by atoms with Crippen molar-refractivity contribution in [2.45, 2.75) is 25.9 Å². The lowest BCUT2D eigenvalue weighted by Gasteiger charge is -2.28. The number of aryl methyl sites for hydroxylation is 1. The van der Waals surface area contributed by atoms with Crippen LogP contribution in [0.15, 0.2) is 42.5 Å². The van der Waals surface area contributed by atoms with E-state index in [1.165, 1.54) is 11.0 Å². The van der Waals surface area contributed by atoms with Gasteiger partial charge in [0.25, 0.3) is 5.91 Å². The number of carbonyl (C=O) groups excluding carboxylic acids is 1. The van der Waals surface area contributed by atoms with Crippen LogP contribution in [0.5, 0.6) is 5.75 Å². The summed E-state index contributed by atoms with van der Waals surface area (Å²) in [5, 5.41) is 0.563. The number of halogens is 2. The van der Waals surface area contributed by atoms with Crippen LogP contribution in [0, 0.1) is 12.7 Å². The molecule has 0 aromatic heterocycles. The lowest BCUT2D eigenvalue weighted by Crippen LogP contribution is -2.43. The van der Waals surface area contributed by atoms with Gasteiger partial charge in [0.05, 0.1) is 11.5 Å². The Morgan fingerprint density at radius 1 is 1.29 bits per heavy atom. The third-order valence-corrected chi connectivity index (χ3v) is 6.74. The topological polar surface area (TPSA) is 63.7 Å². The molecular formula is C20H21ClFNO4S. The lowest BCUT2D eigenvalue weighted by molar-refractivity contribution is -0.136. The minimum absolute atomic E-state index is 0.00530. The van der Waals surface area contributed by atoms with Crippen molar-refractivity contribution in [3.05, 3.63) is 64.4 Å². The van der Waals surface area contributed by atoms with Gasteiger partial charge in [-0.25, -0.2) is 12.8 Å². The fourth-order valence-electron chi connectivity index (χ4n) is 3.25. The van der Waals surface area contributed by atoms with Crippen molar-refractivity contribution in [3.63, 3.8) is 0 Å². The quantitative estimate of drug-likeness (QED) is 0.711. The molecule has 8 heteroatoms. The zero-order valence-electron chi connectivity index (χ0n) is 15.4. The van der Waals surface area contributed by atoms with E-state index >= 15 is 0 Å². The molecule has 2 aromatic carbocycles. The number of benzene rings is 2. The predicted molar refractivity (Wildman–Crippen MR) is 106 cm³/mol. The van der Waals surface area contributed by atoms with E-state index in [9.17, 15) is 17.6 Å². The number of ether oxygens (including phenoxy) is 1. The minimum atomic E-state index is -3.20. The number of amides is 1. The van der Waals surface area contributed by atoms with E-state index in [2.05, 4.69) is 0 Å². The van der Waals surface area contributed by atoms with E-state index in [-0.39, 0.29) is 30.6 Å². The second-order valence-electron chi connectivity index (χ2n) is 6.87. The third kappa shape index (κ3) is 5.02. The number of rotatable bonds is 6. The highest BCUT2D eigenvalue weighted by Crippen LogP contribution is 2.24. The molecule has 0 radical (unpaired) electrons. The predicted octanol–water partition coefficient (Wildman–Crippen LogP) is 3.38. The summed E-state index contributed by atoms with van der Waals surface area (Å²) in [6.45, 7) is 1.54. The van der Waals surface area contributed by atoms with Crippen LogP contribution in [-0.4, -0.2) is 43.4 Å². The van der Waals surface area contributed by atoms with Crippen molar-refractivity contribution in [2.24, 2.45) is 0 Å². The van der Waals surface area contributed by atoms with E-state index in [0.717, 1.165) is 5.56 Å². The first-order chi connectivity index (χ1) is 13.2. The Morgan fingerprint density at radius 2 is 2.04 bits per heavy atom. The lowest BCUT2D eigenvalue weighted by atomic mass is 10.1. The van der Waals surface area contributed by atoms with Gasteiger partial charge in [-0.15, -0.1) is 0 Å². The number of hydrogen-bond donors (Lipinski definition) is 0. The highest BCUT2D eigenvalue weighted by Gasteiger charge is 2.35. The van der Waals surface area contributed by atoms with Gasteiger partial charge >= 0.3 is 0 Å². The van der Waals surface area contributed by atoms with Crippen LogP contribution in [0.2, 0.25) is 5.02 Å². The second kappa shape index (κ2) is 8.49. The van der Waals surface area contributed by atoms with E-state index in [1.807, 2.05) is 6.92 Å². The molecule has 150 valence electrons. The van der Waals surface area contributed by atoms with Crippen LogP contribution in [0.1, 0.15) is 17.5 Å². The summed E-state index contributed by atoms with van der Waals surface area (Å²) in [4.78, 5) is 14.3. The van der Waals surface area contributed by atoms with Gasteiger partial charge in [-0.2, -0.15) is 0 Å². The summed E-state index contributed by atoms with van der Waals surface area (Å²) < 4.78 is 43.5. The molecule has 1 fully saturated rings. The summed E-state index contributed by atoms with van der Waals surface area (Å²) in [6, 6.07) is 10.7. The zero-order valence-corrected chi connectivity index (χ0v) is 17.0. The molecule has 0 spiro atoms. The molecule has 1 atom stereocenters. The largest absolute Gasteiger partial charge is 0.483 e. The third-order valence-electron chi connectivity index (χ3n) is 4.76. The summed E-state index contributed by atoms with van der Waals surface area (Å²) in [6.07, 6.45) is 0.336. The first-order valence-corrected chi connectivity index (χ1v) is 11.1.